The van der Waals surface area contributed by atoms with Crippen molar-refractivity contribution < 1.29 is 0 Å². The molecule has 0 aliphatic heterocycles. The fraction of sp³-hybridized carbons (Fsp3) is 0. The van der Waals surface area contributed by atoms with Crippen LogP contribution in [0.3, 0.4) is 0 Å². The number of benzene rings is 7. The van der Waals surface area contributed by atoms with Gasteiger partial charge in [-0.15, -0.1) is 11.3 Å². The van der Waals surface area contributed by atoms with Gasteiger partial charge in [-0.25, -0.2) is 9.97 Å². The van der Waals surface area contributed by atoms with Crippen LogP contribution in [-0.2, 0) is 0 Å². The molecular formula is C49H31N3S. The highest BCUT2D eigenvalue weighted by molar-refractivity contribution is 7.26. The SMILES string of the molecule is c1ccc(-c2nc(-c3cc(-c4cccc5ccccc45)cc(-c4cccc5c4sc4ccccc45)c3)cc(-c3ccccc3-c3ccncc3)n2)cc1. The Morgan fingerprint density at radius 1 is 0.358 bits per heavy atom. The van der Waals surface area contributed by atoms with Crippen molar-refractivity contribution in [3.63, 3.8) is 0 Å². The predicted molar refractivity (Wildman–Crippen MR) is 223 cm³/mol. The summed E-state index contributed by atoms with van der Waals surface area (Å²) in [6, 6.07) is 62.5. The maximum Gasteiger partial charge on any atom is 0.160 e. The third kappa shape index (κ3) is 5.66. The normalized spacial score (nSPS) is 11.4. The number of thiophene rings is 1. The first-order valence-electron chi connectivity index (χ1n) is 17.8. The molecule has 53 heavy (non-hydrogen) atoms. The highest BCUT2D eigenvalue weighted by Gasteiger charge is 2.18. The minimum Gasteiger partial charge on any atom is -0.265 e. The molecular weight excluding hydrogens is 663 g/mol. The topological polar surface area (TPSA) is 38.7 Å². The van der Waals surface area contributed by atoms with Crippen molar-refractivity contribution in [2.24, 2.45) is 0 Å². The Kier molecular flexibility index (Phi) is 7.67. The molecule has 10 aromatic rings. The van der Waals surface area contributed by atoms with Crippen LogP contribution in [0.15, 0.2) is 188 Å². The Bertz CT molecular complexity index is 2940. The molecule has 0 N–H and O–H groups in total. The Hall–Kier alpha value is -6.75. The van der Waals surface area contributed by atoms with E-state index < -0.39 is 0 Å². The van der Waals surface area contributed by atoms with Crippen LogP contribution < -0.4 is 0 Å². The Morgan fingerprint density at radius 3 is 1.83 bits per heavy atom. The molecule has 0 saturated carbocycles. The molecule has 3 nitrogen and oxygen atoms in total. The first-order chi connectivity index (χ1) is 26.3. The van der Waals surface area contributed by atoms with Gasteiger partial charge in [-0.1, -0.05) is 133 Å². The lowest BCUT2D eigenvalue weighted by atomic mass is 9.91. The van der Waals surface area contributed by atoms with Crippen LogP contribution in [0.25, 0.3) is 98.2 Å². The van der Waals surface area contributed by atoms with E-state index in [0.29, 0.717) is 5.82 Å². The largest absolute Gasteiger partial charge is 0.265 e. The number of fused-ring (bicyclic) bond motifs is 4. The van der Waals surface area contributed by atoms with Gasteiger partial charge in [0.15, 0.2) is 5.82 Å². The smallest absolute Gasteiger partial charge is 0.160 e. The molecule has 0 atom stereocenters. The first kappa shape index (κ1) is 31.0. The lowest BCUT2D eigenvalue weighted by Gasteiger charge is -2.15. The Labute approximate surface area is 311 Å². The second kappa shape index (κ2) is 13.1. The zero-order chi connectivity index (χ0) is 35.1. The van der Waals surface area contributed by atoms with Crippen LogP contribution in [0, 0.1) is 0 Å². The van der Waals surface area contributed by atoms with Crippen molar-refractivity contribution in [3.05, 3.63) is 188 Å². The van der Waals surface area contributed by atoms with Gasteiger partial charge in [-0.05, 0) is 86.6 Å². The molecule has 248 valence electrons. The number of aromatic nitrogens is 3. The fourth-order valence-electron chi connectivity index (χ4n) is 7.48. The molecule has 3 aromatic heterocycles. The molecule has 0 aliphatic carbocycles. The van der Waals surface area contributed by atoms with Crippen molar-refractivity contribution >= 4 is 42.3 Å². The lowest BCUT2D eigenvalue weighted by molar-refractivity contribution is 1.18. The van der Waals surface area contributed by atoms with Gasteiger partial charge < -0.3 is 0 Å². The van der Waals surface area contributed by atoms with E-state index in [1.54, 1.807) is 0 Å². The summed E-state index contributed by atoms with van der Waals surface area (Å²) >= 11 is 1.86. The second-order valence-electron chi connectivity index (χ2n) is 13.2. The van der Waals surface area contributed by atoms with Gasteiger partial charge in [0.2, 0.25) is 0 Å². The minimum atomic E-state index is 0.686. The third-order valence-electron chi connectivity index (χ3n) is 10.00. The van der Waals surface area contributed by atoms with E-state index >= 15 is 0 Å². The Balaban J connectivity index is 1.25. The average molecular weight is 694 g/mol. The van der Waals surface area contributed by atoms with Crippen molar-refractivity contribution in [1.82, 2.24) is 15.0 Å². The molecule has 0 unspecified atom stereocenters. The van der Waals surface area contributed by atoms with Crippen molar-refractivity contribution in [2.45, 2.75) is 0 Å². The van der Waals surface area contributed by atoms with Crippen LogP contribution in [0.5, 0.6) is 0 Å². The summed E-state index contributed by atoms with van der Waals surface area (Å²) in [6.45, 7) is 0. The molecule has 10 rings (SSSR count). The van der Waals surface area contributed by atoms with Crippen LogP contribution in [0.4, 0.5) is 0 Å². The molecule has 3 heterocycles. The third-order valence-corrected chi connectivity index (χ3v) is 11.2. The van der Waals surface area contributed by atoms with Crippen LogP contribution in [0.2, 0.25) is 0 Å². The summed E-state index contributed by atoms with van der Waals surface area (Å²) in [7, 11) is 0. The molecule has 0 fully saturated rings. The van der Waals surface area contributed by atoms with Crippen molar-refractivity contribution in [1.29, 1.82) is 0 Å². The lowest BCUT2D eigenvalue weighted by Crippen LogP contribution is -1.97. The van der Waals surface area contributed by atoms with Crippen molar-refractivity contribution in [3.8, 4) is 67.3 Å². The van der Waals surface area contributed by atoms with Crippen LogP contribution >= 0.6 is 11.3 Å². The minimum absolute atomic E-state index is 0.686. The summed E-state index contributed by atoms with van der Waals surface area (Å²) < 4.78 is 2.58. The van der Waals surface area contributed by atoms with E-state index in [2.05, 4.69) is 151 Å². The molecule has 0 aliphatic rings. The van der Waals surface area contributed by atoms with Gasteiger partial charge in [0, 0.05) is 49.3 Å². The molecule has 4 heteroatoms. The van der Waals surface area contributed by atoms with Crippen molar-refractivity contribution in [2.75, 3.05) is 0 Å². The van der Waals surface area contributed by atoms with E-state index in [4.69, 9.17) is 9.97 Å². The standard InChI is InChI=1S/C49H31N3S/c1-2-13-34(14-3-1)49-51-45(31-46(52-49)42-18-7-6-17-39(42)33-24-26-50-27-25-33)37-29-35(40-20-10-15-32-12-4-5-16-38(32)40)28-36(30-37)41-21-11-22-44-43-19-8-9-23-47(43)53-48(41)44/h1-31H. The number of pyridine rings is 1. The van der Waals surface area contributed by atoms with Gasteiger partial charge in [-0.3, -0.25) is 4.98 Å². The van der Waals surface area contributed by atoms with Crippen LogP contribution in [0.1, 0.15) is 0 Å². The maximum atomic E-state index is 5.31. The summed E-state index contributed by atoms with van der Waals surface area (Å²) in [5.74, 6) is 0.686. The van der Waals surface area contributed by atoms with Gasteiger partial charge >= 0.3 is 0 Å². The zero-order valence-corrected chi connectivity index (χ0v) is 29.5. The molecule has 0 spiro atoms. The van der Waals surface area contributed by atoms with E-state index in [-0.39, 0.29) is 0 Å². The van der Waals surface area contributed by atoms with E-state index in [0.717, 1.165) is 50.3 Å². The monoisotopic (exact) mass is 693 g/mol. The summed E-state index contributed by atoms with van der Waals surface area (Å²) in [5, 5.41) is 5.01. The zero-order valence-electron chi connectivity index (χ0n) is 28.6. The molecule has 0 amide bonds. The number of hydrogen-bond acceptors (Lipinski definition) is 4. The number of hydrogen-bond donors (Lipinski definition) is 0. The van der Waals surface area contributed by atoms with Crippen LogP contribution in [-0.4, -0.2) is 15.0 Å². The van der Waals surface area contributed by atoms with E-state index in [9.17, 15) is 0 Å². The molecule has 0 saturated heterocycles. The second-order valence-corrected chi connectivity index (χ2v) is 14.3. The maximum absolute atomic E-state index is 5.31. The number of nitrogens with zero attached hydrogens (tertiary/aromatic N) is 3. The fourth-order valence-corrected chi connectivity index (χ4v) is 8.72. The average Bonchev–Trinajstić information content (AvgIpc) is 3.63. The quantitative estimate of drug-likeness (QED) is 0.174. The van der Waals surface area contributed by atoms with E-state index in [1.807, 2.05) is 54.1 Å². The first-order valence-corrected chi connectivity index (χ1v) is 18.6. The van der Waals surface area contributed by atoms with Gasteiger partial charge in [0.25, 0.3) is 0 Å². The highest BCUT2D eigenvalue weighted by Crippen LogP contribution is 2.43. The Morgan fingerprint density at radius 2 is 0.962 bits per heavy atom. The van der Waals surface area contributed by atoms with Gasteiger partial charge in [0.1, 0.15) is 0 Å². The van der Waals surface area contributed by atoms with Gasteiger partial charge in [-0.2, -0.15) is 0 Å². The number of rotatable bonds is 6. The van der Waals surface area contributed by atoms with E-state index in [1.165, 1.54) is 42.1 Å². The molecule has 0 radical (unpaired) electrons. The summed E-state index contributed by atoms with van der Waals surface area (Å²) in [6.07, 6.45) is 3.68. The summed E-state index contributed by atoms with van der Waals surface area (Å²) in [5.41, 5.74) is 11.7. The van der Waals surface area contributed by atoms with Gasteiger partial charge in [0.05, 0.1) is 11.4 Å². The summed E-state index contributed by atoms with van der Waals surface area (Å²) in [4.78, 5) is 14.8. The molecule has 7 aromatic carbocycles. The highest BCUT2D eigenvalue weighted by atomic mass is 32.1. The molecule has 0 bridgehead atoms. The predicted octanol–water partition coefficient (Wildman–Crippen LogP) is 13.4.